The highest BCUT2D eigenvalue weighted by atomic mass is 79.9. The van der Waals surface area contributed by atoms with Gasteiger partial charge in [0.25, 0.3) is 0 Å². The number of nitrogens with zero attached hydrogens (tertiary/aromatic N) is 2. The van der Waals surface area contributed by atoms with Gasteiger partial charge in [-0.2, -0.15) is 0 Å². The van der Waals surface area contributed by atoms with Crippen LogP contribution in [-0.4, -0.2) is 9.55 Å². The van der Waals surface area contributed by atoms with Crippen molar-refractivity contribution in [3.05, 3.63) is 52.5 Å². The monoisotopic (exact) mass is 321 g/mol. The van der Waals surface area contributed by atoms with Crippen molar-refractivity contribution in [3.8, 4) is 0 Å². The van der Waals surface area contributed by atoms with Crippen LogP contribution in [0.3, 0.4) is 0 Å². The van der Waals surface area contributed by atoms with Crippen LogP contribution in [0.2, 0.25) is 0 Å². The molecule has 4 heteroatoms. The van der Waals surface area contributed by atoms with E-state index in [1.807, 2.05) is 18.5 Å². The summed E-state index contributed by atoms with van der Waals surface area (Å²) in [5, 5.41) is 3.52. The molecular weight excluding hydrogens is 302 g/mol. The maximum Gasteiger partial charge on any atom is 0.122 e. The summed E-state index contributed by atoms with van der Waals surface area (Å²) in [6.07, 6.45) is 5.05. The van der Waals surface area contributed by atoms with Gasteiger partial charge >= 0.3 is 0 Å². The summed E-state index contributed by atoms with van der Waals surface area (Å²) in [4.78, 5) is 4.41. The van der Waals surface area contributed by atoms with Crippen molar-refractivity contribution < 1.29 is 0 Å². The quantitative estimate of drug-likeness (QED) is 0.874. The van der Waals surface area contributed by atoms with Crippen LogP contribution in [-0.2, 0) is 13.1 Å². The third kappa shape index (κ3) is 3.91. The van der Waals surface area contributed by atoms with Gasteiger partial charge < -0.3 is 9.88 Å². The summed E-state index contributed by atoms with van der Waals surface area (Å²) in [7, 11) is 0. The van der Waals surface area contributed by atoms with Gasteiger partial charge in [0.05, 0.1) is 6.54 Å². The Kier molecular flexibility index (Phi) is 5.16. The van der Waals surface area contributed by atoms with Crippen molar-refractivity contribution in [1.82, 2.24) is 14.9 Å². The predicted octanol–water partition coefficient (Wildman–Crippen LogP) is 3.91. The van der Waals surface area contributed by atoms with E-state index in [0.717, 1.165) is 29.8 Å². The fraction of sp³-hybridized carbons (Fsp3) is 0.400. The standard InChI is InChI=1S/C15H20BrN3/c1-3-8-19-9-7-17-15(19)11-18-12(2)13-5-4-6-14(16)10-13/h4-7,9-10,12,18H,3,8,11H2,1-2H3. The molecule has 0 saturated carbocycles. The van der Waals surface area contributed by atoms with Crippen molar-refractivity contribution >= 4 is 15.9 Å². The van der Waals surface area contributed by atoms with Crippen LogP contribution in [0.1, 0.15) is 37.7 Å². The molecule has 0 radical (unpaired) electrons. The fourth-order valence-electron chi connectivity index (χ4n) is 2.09. The molecule has 0 spiro atoms. The maximum atomic E-state index is 4.41. The Labute approximate surface area is 123 Å². The number of aromatic nitrogens is 2. The second-order valence-electron chi connectivity index (χ2n) is 4.69. The average Bonchev–Trinajstić information content (AvgIpc) is 2.84. The molecule has 0 saturated heterocycles. The first-order chi connectivity index (χ1) is 9.20. The molecule has 2 aromatic rings. The van der Waals surface area contributed by atoms with E-state index in [0.29, 0.717) is 6.04 Å². The number of benzene rings is 1. The molecule has 3 nitrogen and oxygen atoms in total. The Balaban J connectivity index is 1.96. The SMILES string of the molecule is CCCn1ccnc1CNC(C)c1cccc(Br)c1. The Hall–Kier alpha value is -1.13. The highest BCUT2D eigenvalue weighted by molar-refractivity contribution is 9.10. The maximum absolute atomic E-state index is 4.41. The van der Waals surface area contributed by atoms with Gasteiger partial charge in [-0.25, -0.2) is 4.98 Å². The second-order valence-corrected chi connectivity index (χ2v) is 5.61. The molecule has 19 heavy (non-hydrogen) atoms. The third-order valence-electron chi connectivity index (χ3n) is 3.18. The smallest absolute Gasteiger partial charge is 0.122 e. The summed E-state index contributed by atoms with van der Waals surface area (Å²) in [6.45, 7) is 6.18. The number of halogens is 1. The lowest BCUT2D eigenvalue weighted by atomic mass is 10.1. The average molecular weight is 322 g/mol. The van der Waals surface area contributed by atoms with Crippen molar-refractivity contribution in [2.45, 2.75) is 39.4 Å². The highest BCUT2D eigenvalue weighted by Crippen LogP contribution is 2.18. The van der Waals surface area contributed by atoms with Crippen LogP contribution in [0.25, 0.3) is 0 Å². The van der Waals surface area contributed by atoms with Gasteiger partial charge in [-0.05, 0) is 31.0 Å². The molecule has 0 aliphatic rings. The lowest BCUT2D eigenvalue weighted by molar-refractivity contribution is 0.532. The van der Waals surface area contributed by atoms with Crippen LogP contribution in [0.4, 0.5) is 0 Å². The van der Waals surface area contributed by atoms with E-state index in [-0.39, 0.29) is 0 Å². The molecule has 0 bridgehead atoms. The third-order valence-corrected chi connectivity index (χ3v) is 3.67. The first-order valence-electron chi connectivity index (χ1n) is 6.69. The van der Waals surface area contributed by atoms with Crippen molar-refractivity contribution in [1.29, 1.82) is 0 Å². The zero-order valence-corrected chi connectivity index (χ0v) is 13.0. The number of hydrogen-bond acceptors (Lipinski definition) is 2. The number of aryl methyl sites for hydroxylation is 1. The van der Waals surface area contributed by atoms with Crippen LogP contribution < -0.4 is 5.32 Å². The number of imidazole rings is 1. The first-order valence-corrected chi connectivity index (χ1v) is 7.49. The van der Waals surface area contributed by atoms with Crippen molar-refractivity contribution in [3.63, 3.8) is 0 Å². The molecule has 2 rings (SSSR count). The van der Waals surface area contributed by atoms with Gasteiger partial charge in [0.1, 0.15) is 5.82 Å². The summed E-state index contributed by atoms with van der Waals surface area (Å²) >= 11 is 3.51. The molecule has 0 aliphatic heterocycles. The molecule has 1 aromatic heterocycles. The molecule has 1 heterocycles. The fourth-order valence-corrected chi connectivity index (χ4v) is 2.51. The second kappa shape index (κ2) is 6.87. The molecule has 0 aliphatic carbocycles. The zero-order chi connectivity index (χ0) is 13.7. The summed E-state index contributed by atoms with van der Waals surface area (Å²) in [5.41, 5.74) is 1.28. The van der Waals surface area contributed by atoms with Crippen LogP contribution in [0.15, 0.2) is 41.1 Å². The van der Waals surface area contributed by atoms with E-state index >= 15 is 0 Å². The van der Waals surface area contributed by atoms with E-state index in [4.69, 9.17) is 0 Å². The van der Waals surface area contributed by atoms with E-state index in [2.05, 4.69) is 62.8 Å². The van der Waals surface area contributed by atoms with Gasteiger partial charge in [-0.15, -0.1) is 0 Å². The van der Waals surface area contributed by atoms with Gasteiger partial charge in [0.15, 0.2) is 0 Å². The topological polar surface area (TPSA) is 29.9 Å². The molecule has 1 atom stereocenters. The Bertz CT molecular complexity index is 522. The Morgan fingerprint density at radius 2 is 2.26 bits per heavy atom. The lowest BCUT2D eigenvalue weighted by Gasteiger charge is -2.15. The van der Waals surface area contributed by atoms with E-state index in [1.165, 1.54) is 5.56 Å². The highest BCUT2D eigenvalue weighted by Gasteiger charge is 2.07. The lowest BCUT2D eigenvalue weighted by Crippen LogP contribution is -2.20. The molecule has 0 amide bonds. The van der Waals surface area contributed by atoms with Crippen LogP contribution in [0, 0.1) is 0 Å². The summed E-state index contributed by atoms with van der Waals surface area (Å²) in [6, 6.07) is 8.71. The van der Waals surface area contributed by atoms with Crippen LogP contribution >= 0.6 is 15.9 Å². The first kappa shape index (κ1) is 14.3. The molecular formula is C15H20BrN3. The predicted molar refractivity (Wildman–Crippen MR) is 81.9 cm³/mol. The van der Waals surface area contributed by atoms with E-state index in [9.17, 15) is 0 Å². The molecule has 1 unspecified atom stereocenters. The van der Waals surface area contributed by atoms with Crippen molar-refractivity contribution in [2.75, 3.05) is 0 Å². The minimum Gasteiger partial charge on any atom is -0.334 e. The van der Waals surface area contributed by atoms with Gasteiger partial charge in [0.2, 0.25) is 0 Å². The minimum atomic E-state index is 0.310. The molecule has 1 N–H and O–H groups in total. The van der Waals surface area contributed by atoms with Crippen LogP contribution in [0.5, 0.6) is 0 Å². The summed E-state index contributed by atoms with van der Waals surface area (Å²) < 4.78 is 3.33. The Morgan fingerprint density at radius 3 is 3.00 bits per heavy atom. The Morgan fingerprint density at radius 1 is 1.42 bits per heavy atom. The number of rotatable bonds is 6. The number of hydrogen-bond donors (Lipinski definition) is 1. The minimum absolute atomic E-state index is 0.310. The largest absolute Gasteiger partial charge is 0.334 e. The molecule has 0 fully saturated rings. The molecule has 102 valence electrons. The van der Waals surface area contributed by atoms with Gasteiger partial charge in [-0.3, -0.25) is 0 Å². The normalized spacial score (nSPS) is 12.6. The number of nitrogens with one attached hydrogen (secondary N) is 1. The van der Waals surface area contributed by atoms with Gasteiger partial charge in [-0.1, -0.05) is 35.0 Å². The molecule has 1 aromatic carbocycles. The van der Waals surface area contributed by atoms with Gasteiger partial charge in [0, 0.05) is 29.5 Å². The van der Waals surface area contributed by atoms with E-state index < -0.39 is 0 Å². The summed E-state index contributed by atoms with van der Waals surface area (Å²) in [5.74, 6) is 1.10. The van der Waals surface area contributed by atoms with Crippen molar-refractivity contribution in [2.24, 2.45) is 0 Å². The zero-order valence-electron chi connectivity index (χ0n) is 11.4. The van der Waals surface area contributed by atoms with E-state index in [1.54, 1.807) is 0 Å².